The Morgan fingerprint density at radius 1 is 1.05 bits per heavy atom. The van der Waals surface area contributed by atoms with Gasteiger partial charge in [0.2, 0.25) is 11.7 Å². The van der Waals surface area contributed by atoms with Crippen LogP contribution in [0.5, 0.6) is 17.2 Å². The van der Waals surface area contributed by atoms with Crippen LogP contribution < -0.4 is 19.5 Å². The molecule has 0 radical (unpaired) electrons. The van der Waals surface area contributed by atoms with Gasteiger partial charge in [-0.05, 0) is 33.4 Å². The smallest absolute Gasteiger partial charge is 0.308 e. The van der Waals surface area contributed by atoms with Gasteiger partial charge < -0.3 is 29.2 Å². The minimum absolute atomic E-state index is 0.0148. The lowest BCUT2D eigenvalue weighted by atomic mass is 9.71. The third-order valence-corrected chi connectivity index (χ3v) is 8.75. The number of carbonyl (C=O) groups excluding carboxylic acids is 4. The Hall–Kier alpha value is -4.63. The van der Waals surface area contributed by atoms with Crippen molar-refractivity contribution in [1.29, 1.82) is 5.26 Å². The number of nitrogens with zero attached hydrogens (tertiary/aromatic N) is 3. The molecule has 1 fully saturated rings. The Morgan fingerprint density at radius 2 is 1.72 bits per heavy atom. The number of nitriles is 1. The van der Waals surface area contributed by atoms with E-state index in [-0.39, 0.29) is 47.3 Å². The monoisotopic (exact) mass is 590 g/mol. The lowest BCUT2D eigenvalue weighted by Gasteiger charge is -2.57. The summed E-state index contributed by atoms with van der Waals surface area (Å²) in [6.07, 6.45) is 1.95. The molecule has 2 bridgehead atoms. The van der Waals surface area contributed by atoms with Gasteiger partial charge in [-0.2, -0.15) is 5.26 Å². The molecule has 0 unspecified atom stereocenters. The molecule has 1 saturated heterocycles. The highest BCUT2D eigenvalue weighted by Crippen LogP contribution is 2.55. The Balaban J connectivity index is 1.88. The number of ether oxygens (including phenoxy) is 4. The third-order valence-electron chi connectivity index (χ3n) is 8.75. The molecule has 3 aliphatic heterocycles. The molecule has 1 aliphatic carbocycles. The van der Waals surface area contributed by atoms with Crippen LogP contribution in [-0.4, -0.2) is 86.3 Å². The van der Waals surface area contributed by atoms with E-state index in [0.29, 0.717) is 39.5 Å². The molecule has 12 heteroatoms. The molecule has 3 heterocycles. The number of methoxy groups -OCH3 is 3. The second kappa shape index (κ2) is 10.9. The minimum atomic E-state index is -0.793. The number of hydrogen-bond donors (Lipinski definition) is 1. The van der Waals surface area contributed by atoms with Gasteiger partial charge in [-0.1, -0.05) is 0 Å². The van der Waals surface area contributed by atoms with Crippen molar-refractivity contribution in [2.75, 3.05) is 34.9 Å². The largest absolute Gasteiger partial charge is 0.492 e. The van der Waals surface area contributed by atoms with E-state index in [1.165, 1.54) is 35.2 Å². The van der Waals surface area contributed by atoms with E-state index in [4.69, 9.17) is 18.9 Å². The summed E-state index contributed by atoms with van der Waals surface area (Å²) in [7, 11) is 6.14. The van der Waals surface area contributed by atoms with E-state index in [9.17, 15) is 24.4 Å². The molecule has 1 aromatic rings. The van der Waals surface area contributed by atoms with Crippen molar-refractivity contribution in [2.45, 2.75) is 58.3 Å². The van der Waals surface area contributed by atoms with E-state index in [1.807, 2.05) is 16.8 Å². The Morgan fingerprint density at radius 3 is 2.28 bits per heavy atom. The number of carbonyl (C=O) groups is 4. The van der Waals surface area contributed by atoms with Crippen LogP contribution >= 0.6 is 0 Å². The molecule has 1 amide bonds. The first-order valence-corrected chi connectivity index (χ1v) is 13.8. The summed E-state index contributed by atoms with van der Waals surface area (Å²) >= 11 is 0. The SMILES string of the molecule is COC1=C(C)C(=O)C2=C(C1=O)[C@@H]1C3=Cc4c(OC(C)=O)c(C)c(OC)c(OC)c4[C@H](CNC(C)=O)N3[C@@H](C#N)[C@@H](C2)N1C. The number of hydrogen-bond acceptors (Lipinski definition) is 11. The maximum Gasteiger partial charge on any atom is 0.308 e. The van der Waals surface area contributed by atoms with Crippen LogP contribution in [0.25, 0.3) is 6.08 Å². The maximum atomic E-state index is 13.9. The summed E-state index contributed by atoms with van der Waals surface area (Å²) < 4.78 is 22.7. The van der Waals surface area contributed by atoms with E-state index >= 15 is 0 Å². The summed E-state index contributed by atoms with van der Waals surface area (Å²) in [5, 5.41) is 13.5. The molecule has 4 aliphatic rings. The normalized spacial score (nSPS) is 24.3. The van der Waals surface area contributed by atoms with Crippen molar-refractivity contribution < 1.29 is 38.1 Å². The van der Waals surface area contributed by atoms with Crippen LogP contribution in [0.15, 0.2) is 28.2 Å². The Labute approximate surface area is 249 Å². The summed E-state index contributed by atoms with van der Waals surface area (Å²) in [4.78, 5) is 55.9. The lowest BCUT2D eigenvalue weighted by molar-refractivity contribution is -0.132. The molecule has 0 spiro atoms. The number of rotatable bonds is 6. The number of likely N-dealkylation sites (N-methyl/N-ethyl adjacent to an activating group) is 1. The van der Waals surface area contributed by atoms with E-state index in [0.717, 1.165) is 0 Å². The molecule has 0 aromatic heterocycles. The van der Waals surface area contributed by atoms with Crippen molar-refractivity contribution in [2.24, 2.45) is 0 Å². The molecular weight excluding hydrogens is 556 g/mol. The summed E-state index contributed by atoms with van der Waals surface area (Å²) in [5.41, 5.74) is 2.96. The number of nitrogens with one attached hydrogen (secondary N) is 1. The predicted octanol–water partition coefficient (Wildman–Crippen LogP) is 2.12. The molecule has 1 aromatic carbocycles. The fraction of sp³-hybridized carbons (Fsp3) is 0.452. The number of allylic oxidation sites excluding steroid dienone is 2. The van der Waals surface area contributed by atoms with E-state index < -0.39 is 35.9 Å². The predicted molar refractivity (Wildman–Crippen MR) is 153 cm³/mol. The average molecular weight is 591 g/mol. The van der Waals surface area contributed by atoms with Crippen molar-refractivity contribution in [1.82, 2.24) is 15.1 Å². The number of ketones is 2. The van der Waals surface area contributed by atoms with Crippen LogP contribution in [0.4, 0.5) is 0 Å². The molecule has 0 saturated carbocycles. The van der Waals surface area contributed by atoms with E-state index in [2.05, 4.69) is 11.4 Å². The van der Waals surface area contributed by atoms with Crippen molar-refractivity contribution in [3.8, 4) is 23.3 Å². The number of amides is 1. The maximum absolute atomic E-state index is 13.9. The number of fused-ring (bicyclic) bond motifs is 6. The lowest BCUT2D eigenvalue weighted by Crippen LogP contribution is -2.66. The first kappa shape index (κ1) is 29.8. The molecule has 1 N–H and O–H groups in total. The van der Waals surface area contributed by atoms with Crippen LogP contribution in [-0.2, 0) is 23.9 Å². The highest BCUT2D eigenvalue weighted by atomic mass is 16.5. The first-order valence-electron chi connectivity index (χ1n) is 13.8. The van der Waals surface area contributed by atoms with Gasteiger partial charge in [0.15, 0.2) is 23.0 Å². The van der Waals surface area contributed by atoms with Crippen LogP contribution in [0.1, 0.15) is 49.9 Å². The fourth-order valence-electron chi connectivity index (χ4n) is 6.99. The molecule has 5 rings (SSSR count). The molecule has 4 atom stereocenters. The Kier molecular flexibility index (Phi) is 7.56. The first-order chi connectivity index (χ1) is 20.4. The zero-order valence-corrected chi connectivity index (χ0v) is 25.4. The number of piperazine rings is 1. The van der Waals surface area contributed by atoms with Crippen molar-refractivity contribution >= 4 is 29.5 Å². The van der Waals surface area contributed by atoms with E-state index in [1.54, 1.807) is 19.9 Å². The minimum Gasteiger partial charge on any atom is -0.492 e. The highest BCUT2D eigenvalue weighted by molar-refractivity contribution is 6.25. The molecule has 12 nitrogen and oxygen atoms in total. The third kappa shape index (κ3) is 4.29. The second-order valence-corrected chi connectivity index (χ2v) is 11.0. The van der Waals surface area contributed by atoms with Gasteiger partial charge in [0.05, 0.1) is 39.5 Å². The van der Waals surface area contributed by atoms with Crippen molar-refractivity contribution in [3.63, 3.8) is 0 Å². The zero-order chi connectivity index (χ0) is 31.5. The average Bonchev–Trinajstić information content (AvgIpc) is 2.96. The van der Waals surface area contributed by atoms with Gasteiger partial charge in [0.1, 0.15) is 11.8 Å². The topological polar surface area (TPSA) is 148 Å². The summed E-state index contributed by atoms with van der Waals surface area (Å²) in [5.74, 6) is -0.615. The fourth-order valence-corrected chi connectivity index (χ4v) is 6.99. The van der Waals surface area contributed by atoms with Gasteiger partial charge in [-0.3, -0.25) is 24.1 Å². The van der Waals surface area contributed by atoms with Gasteiger partial charge in [-0.25, -0.2) is 0 Å². The quantitative estimate of drug-likeness (QED) is 0.295. The van der Waals surface area contributed by atoms with Gasteiger partial charge >= 0.3 is 5.97 Å². The standard InChI is InChI=1S/C31H34N4O8/c1-13-26(38)17-9-19-21(11-32)35-20(25(34(19)5)24(17)27(39)29(13)40-6)10-18-23(22(35)12-33-15(3)36)31(42-8)30(41-7)14(2)28(18)43-16(4)37/h10,19,21-22,25H,9,12H2,1-8H3,(H,33,36)/t19-,21+,22+,25+/m1/s1. The van der Waals surface area contributed by atoms with Crippen LogP contribution in [0.2, 0.25) is 0 Å². The van der Waals surface area contributed by atoms with Crippen LogP contribution in [0.3, 0.4) is 0 Å². The molecule has 43 heavy (non-hydrogen) atoms. The highest BCUT2D eigenvalue weighted by Gasteiger charge is 2.56. The number of benzene rings is 1. The van der Waals surface area contributed by atoms with Gasteiger partial charge in [0, 0.05) is 65.5 Å². The van der Waals surface area contributed by atoms with Crippen molar-refractivity contribution in [3.05, 3.63) is 44.9 Å². The van der Waals surface area contributed by atoms with Crippen LogP contribution in [0, 0.1) is 18.3 Å². The summed E-state index contributed by atoms with van der Waals surface area (Å²) in [6.45, 7) is 6.04. The summed E-state index contributed by atoms with van der Waals surface area (Å²) in [6, 6.07) is -0.260. The molecule has 226 valence electrons. The van der Waals surface area contributed by atoms with Gasteiger partial charge in [0.25, 0.3) is 0 Å². The molecular formula is C31H34N4O8. The Bertz CT molecular complexity index is 1610. The van der Waals surface area contributed by atoms with Gasteiger partial charge in [-0.15, -0.1) is 0 Å². The number of esters is 1. The second-order valence-electron chi connectivity index (χ2n) is 11.0. The zero-order valence-electron chi connectivity index (χ0n) is 25.4. The number of Topliss-reactive ketones (excluding diaryl/α,β-unsaturated/α-hetero) is 2.